The van der Waals surface area contributed by atoms with Crippen molar-refractivity contribution in [2.75, 3.05) is 7.11 Å². The Balaban J connectivity index is -0.000000270. The van der Waals surface area contributed by atoms with Gasteiger partial charge in [-0.25, -0.2) is 0 Å². The molecule has 0 atom stereocenters. The zero-order valence-electron chi connectivity index (χ0n) is 7.18. The third kappa shape index (κ3) is 5.40. The van der Waals surface area contributed by atoms with Gasteiger partial charge in [-0.1, -0.05) is 18.2 Å². The average Bonchev–Trinajstić information content (AvgIpc) is 1.89. The number of ether oxygens (including phenoxy) is 1. The number of hydrogen-bond donors (Lipinski definition) is 0. The fourth-order valence-corrected chi connectivity index (χ4v) is 0.785. The van der Waals surface area contributed by atoms with Crippen molar-refractivity contribution in [3.05, 3.63) is 29.8 Å². The predicted octanol–water partition coefficient (Wildman–Crippen LogP) is -4.37. The van der Waals surface area contributed by atoms with Crippen LogP contribution >= 0.6 is 0 Å². The zero-order valence-corrected chi connectivity index (χ0v) is 11.8. The molecule has 0 heterocycles. The van der Waals surface area contributed by atoms with E-state index in [-0.39, 0.29) is 57.0 Å². The Bertz CT molecular complexity index is 206. The second-order valence-corrected chi connectivity index (χ2v) is 1.97. The molecule has 1 aromatic rings. The van der Waals surface area contributed by atoms with Crippen molar-refractivity contribution in [2.45, 2.75) is 6.92 Å². The Morgan fingerprint density at radius 1 is 1.08 bits per heavy atom. The molecule has 0 saturated carbocycles. The van der Waals surface area contributed by atoms with Gasteiger partial charge in [-0.2, -0.15) is 0 Å². The molecule has 0 saturated heterocycles. The number of rotatable bonds is 1. The Morgan fingerprint density at radius 2 is 1.58 bits per heavy atom. The summed E-state index contributed by atoms with van der Waals surface area (Å²) >= 11 is 0. The minimum absolute atomic E-state index is 0. The van der Waals surface area contributed by atoms with E-state index >= 15 is 0 Å². The van der Waals surface area contributed by atoms with Gasteiger partial charge in [0.05, 0.1) is 7.11 Å². The molecular weight excluding hydrogens is 296 g/mol. The Labute approximate surface area is 111 Å². The molecule has 0 aliphatic rings. The summed E-state index contributed by atoms with van der Waals surface area (Å²) in [5, 5.41) is 0. The van der Waals surface area contributed by atoms with Crippen molar-refractivity contribution < 1.29 is 38.7 Å². The maximum Gasteiger partial charge on any atom is 2.00 e. The van der Waals surface area contributed by atoms with E-state index in [2.05, 4.69) is 0 Å². The Kier molecular flexibility index (Phi) is 15.2. The van der Waals surface area contributed by atoms with Gasteiger partial charge in [0, 0.05) is 0 Å². The molecule has 12 heavy (non-hydrogen) atoms. The van der Waals surface area contributed by atoms with Gasteiger partial charge >= 0.3 is 23.1 Å². The van der Waals surface area contributed by atoms with Crippen molar-refractivity contribution >= 4 is 23.1 Å². The van der Waals surface area contributed by atoms with Crippen LogP contribution in [0.1, 0.15) is 5.56 Å². The summed E-state index contributed by atoms with van der Waals surface area (Å²) in [6.07, 6.45) is 0. The van der Waals surface area contributed by atoms with Crippen LogP contribution in [0.15, 0.2) is 24.3 Å². The summed E-state index contributed by atoms with van der Waals surface area (Å²) in [6.45, 7) is 2.03. The van der Waals surface area contributed by atoms with Gasteiger partial charge < -0.3 is 38.7 Å². The van der Waals surface area contributed by atoms with Crippen LogP contribution in [0.4, 0.5) is 0 Å². The van der Waals surface area contributed by atoms with Crippen molar-refractivity contribution in [2.24, 2.45) is 0 Å². The predicted molar refractivity (Wildman–Crippen MR) is 43.5 cm³/mol. The van der Waals surface area contributed by atoms with Gasteiger partial charge in [-0.05, 0) is 18.6 Å². The summed E-state index contributed by atoms with van der Waals surface area (Å²) in [5.74, 6) is 0.956. The van der Waals surface area contributed by atoms with Crippen LogP contribution in [0, 0.1) is 6.92 Å². The van der Waals surface area contributed by atoms with Crippen LogP contribution in [0.3, 0.4) is 0 Å². The quantitative estimate of drug-likeness (QED) is 0.477. The largest absolute Gasteiger partial charge is 2.00 e. The molecule has 1 nitrogen and oxygen atoms in total. The summed E-state index contributed by atoms with van der Waals surface area (Å²) in [7, 11) is 1.68. The molecule has 0 N–H and O–H groups in total. The van der Waals surface area contributed by atoms with Gasteiger partial charge in [0.1, 0.15) is 5.75 Å². The van der Waals surface area contributed by atoms with E-state index in [1.165, 1.54) is 5.56 Å². The number of hydrogen-bond acceptors (Lipinski definition) is 1. The minimum Gasteiger partial charge on any atom is -1.00 e. The normalized spacial score (nSPS) is 6.83. The molecule has 0 bridgehead atoms. The average molecular weight is 306 g/mol. The first-order valence-corrected chi connectivity index (χ1v) is 2.94. The van der Waals surface area contributed by atoms with E-state index in [1.807, 2.05) is 31.2 Å². The summed E-state index contributed by atoms with van der Waals surface area (Å²) in [6, 6.07) is 7.94. The molecule has 1 aromatic carbocycles. The van der Waals surface area contributed by atoms with Gasteiger partial charge in [0.2, 0.25) is 0 Å². The van der Waals surface area contributed by atoms with Crippen LogP contribution < -0.4 is 38.7 Å². The van der Waals surface area contributed by atoms with E-state index in [9.17, 15) is 0 Å². The monoisotopic (exact) mass is 304 g/mol. The third-order valence-corrected chi connectivity index (χ3v) is 1.31. The van der Waals surface area contributed by atoms with Gasteiger partial charge in [0.15, 0.2) is 0 Å². The van der Waals surface area contributed by atoms with Gasteiger partial charge in [-0.15, -0.1) is 0 Å². The second kappa shape index (κ2) is 9.83. The number of benzene rings is 1. The van der Waals surface area contributed by atoms with Crippen LogP contribution in [0.5, 0.6) is 5.75 Å². The first kappa shape index (κ1) is 18.5. The zero-order chi connectivity index (χ0) is 6.69. The molecule has 64 valence electrons. The first-order chi connectivity index (χ1) is 4.34. The first-order valence-electron chi connectivity index (χ1n) is 2.94. The maximum absolute atomic E-state index is 5.04. The maximum atomic E-state index is 5.04. The summed E-state index contributed by atoms with van der Waals surface area (Å²) in [4.78, 5) is 0. The second-order valence-electron chi connectivity index (χ2n) is 1.97. The van der Waals surface area contributed by atoms with E-state index in [4.69, 9.17) is 4.74 Å². The van der Waals surface area contributed by atoms with Crippen molar-refractivity contribution in [3.63, 3.8) is 0 Å². The van der Waals surface area contributed by atoms with E-state index < -0.39 is 0 Å². The summed E-state index contributed by atoms with van der Waals surface area (Å²) in [5.41, 5.74) is 1.18. The molecule has 0 aliphatic carbocycles. The third-order valence-electron chi connectivity index (χ3n) is 1.31. The molecule has 0 aromatic heterocycles. The molecular formula is C8H10Br2MgO. The molecule has 0 fully saturated rings. The van der Waals surface area contributed by atoms with Crippen LogP contribution in [0.2, 0.25) is 0 Å². The van der Waals surface area contributed by atoms with Crippen molar-refractivity contribution in [1.29, 1.82) is 0 Å². The fourth-order valence-electron chi connectivity index (χ4n) is 0.785. The van der Waals surface area contributed by atoms with E-state index in [0.29, 0.717) is 0 Å². The number of aryl methyl sites for hydroxylation is 1. The van der Waals surface area contributed by atoms with Crippen molar-refractivity contribution in [3.8, 4) is 5.75 Å². The number of methoxy groups -OCH3 is 1. The molecule has 0 aliphatic heterocycles. The molecule has 0 radical (unpaired) electrons. The van der Waals surface area contributed by atoms with Crippen LogP contribution in [-0.4, -0.2) is 30.2 Å². The SMILES string of the molecule is COc1ccccc1C.[Br-].[Br-].[Mg+2]. The van der Waals surface area contributed by atoms with Crippen molar-refractivity contribution in [1.82, 2.24) is 0 Å². The smallest absolute Gasteiger partial charge is 1.00 e. The molecule has 0 unspecified atom stereocenters. The summed E-state index contributed by atoms with van der Waals surface area (Å²) < 4.78 is 5.04. The molecule has 0 amide bonds. The fraction of sp³-hybridized carbons (Fsp3) is 0.250. The Morgan fingerprint density at radius 3 is 1.92 bits per heavy atom. The molecule has 0 spiro atoms. The number of halogens is 2. The van der Waals surface area contributed by atoms with Crippen LogP contribution in [0.25, 0.3) is 0 Å². The van der Waals surface area contributed by atoms with Crippen LogP contribution in [-0.2, 0) is 0 Å². The number of para-hydroxylation sites is 1. The molecule has 1 rings (SSSR count). The van der Waals surface area contributed by atoms with E-state index in [0.717, 1.165) is 5.75 Å². The van der Waals surface area contributed by atoms with Gasteiger partial charge in [-0.3, -0.25) is 0 Å². The molecule has 4 heteroatoms. The van der Waals surface area contributed by atoms with E-state index in [1.54, 1.807) is 7.11 Å². The topological polar surface area (TPSA) is 9.23 Å². The van der Waals surface area contributed by atoms with Gasteiger partial charge in [0.25, 0.3) is 0 Å². The minimum atomic E-state index is 0. The Hall–Kier alpha value is 0.746. The standard InChI is InChI=1S/C8H10O.2BrH.Mg/c1-7-5-3-4-6-8(7)9-2;;;/h3-6H,1-2H3;2*1H;/q;;;+2/p-2.